The SMILES string of the molecule is C=CCC(O)COc1cc2c(cc1C(C)C)OCO2. The third-order valence-corrected chi connectivity index (χ3v) is 3.00. The molecular weight excluding hydrogens is 244 g/mol. The summed E-state index contributed by atoms with van der Waals surface area (Å²) in [5.74, 6) is 2.49. The average Bonchev–Trinajstić information content (AvgIpc) is 2.82. The molecule has 19 heavy (non-hydrogen) atoms. The van der Waals surface area contributed by atoms with Gasteiger partial charge in [-0.3, -0.25) is 0 Å². The van der Waals surface area contributed by atoms with E-state index in [-0.39, 0.29) is 13.4 Å². The summed E-state index contributed by atoms with van der Waals surface area (Å²) in [6, 6.07) is 3.78. The predicted molar refractivity (Wildman–Crippen MR) is 73.0 cm³/mol. The first-order chi connectivity index (χ1) is 9.11. The van der Waals surface area contributed by atoms with E-state index in [4.69, 9.17) is 14.2 Å². The van der Waals surface area contributed by atoms with Gasteiger partial charge in [0.15, 0.2) is 11.5 Å². The van der Waals surface area contributed by atoms with E-state index in [9.17, 15) is 5.11 Å². The molecular formula is C15H20O4. The number of rotatable bonds is 6. The molecule has 0 aromatic heterocycles. The first-order valence-electron chi connectivity index (χ1n) is 6.47. The maximum atomic E-state index is 9.68. The molecule has 2 rings (SSSR count). The van der Waals surface area contributed by atoms with Crippen LogP contribution in [-0.4, -0.2) is 24.6 Å². The minimum Gasteiger partial charge on any atom is -0.490 e. The van der Waals surface area contributed by atoms with E-state index in [1.807, 2.05) is 12.1 Å². The molecule has 104 valence electrons. The smallest absolute Gasteiger partial charge is 0.231 e. The van der Waals surface area contributed by atoms with Crippen molar-refractivity contribution in [2.24, 2.45) is 0 Å². The molecule has 0 fully saturated rings. The Morgan fingerprint density at radius 2 is 2.05 bits per heavy atom. The van der Waals surface area contributed by atoms with E-state index < -0.39 is 6.10 Å². The van der Waals surface area contributed by atoms with Crippen molar-refractivity contribution in [1.29, 1.82) is 0 Å². The number of benzene rings is 1. The summed E-state index contributed by atoms with van der Waals surface area (Å²) in [6.45, 7) is 8.26. The lowest BCUT2D eigenvalue weighted by Crippen LogP contribution is -2.17. The number of ether oxygens (including phenoxy) is 3. The van der Waals surface area contributed by atoms with Crippen LogP contribution in [0, 0.1) is 0 Å². The standard InChI is InChI=1S/C15H20O4/c1-4-5-11(16)8-17-13-7-15-14(18-9-19-15)6-12(13)10(2)3/h4,6-7,10-11,16H,1,5,8-9H2,2-3H3. The minimum atomic E-state index is -0.539. The summed E-state index contributed by atoms with van der Waals surface area (Å²) in [7, 11) is 0. The molecule has 0 spiro atoms. The van der Waals surface area contributed by atoms with E-state index in [0.717, 1.165) is 17.1 Å². The van der Waals surface area contributed by atoms with Crippen molar-refractivity contribution >= 4 is 0 Å². The Kier molecular flexibility index (Phi) is 4.32. The van der Waals surface area contributed by atoms with Gasteiger partial charge < -0.3 is 19.3 Å². The molecule has 0 saturated heterocycles. The molecule has 0 radical (unpaired) electrons. The zero-order chi connectivity index (χ0) is 13.8. The maximum Gasteiger partial charge on any atom is 0.231 e. The monoisotopic (exact) mass is 264 g/mol. The highest BCUT2D eigenvalue weighted by atomic mass is 16.7. The van der Waals surface area contributed by atoms with Crippen LogP contribution in [0.4, 0.5) is 0 Å². The van der Waals surface area contributed by atoms with Gasteiger partial charge in [0, 0.05) is 11.6 Å². The van der Waals surface area contributed by atoms with Gasteiger partial charge in [-0.1, -0.05) is 19.9 Å². The van der Waals surface area contributed by atoms with Crippen molar-refractivity contribution in [3.63, 3.8) is 0 Å². The van der Waals surface area contributed by atoms with E-state index in [1.54, 1.807) is 6.08 Å². The Morgan fingerprint density at radius 3 is 2.68 bits per heavy atom. The maximum absolute atomic E-state index is 9.68. The van der Waals surface area contributed by atoms with Crippen LogP contribution in [0.3, 0.4) is 0 Å². The Balaban J connectivity index is 2.16. The van der Waals surface area contributed by atoms with Crippen LogP contribution < -0.4 is 14.2 Å². The molecule has 0 amide bonds. The summed E-state index contributed by atoms with van der Waals surface area (Å²) < 4.78 is 16.4. The summed E-state index contributed by atoms with van der Waals surface area (Å²) in [6.07, 6.45) is 1.65. The molecule has 1 aliphatic rings. The quantitative estimate of drug-likeness (QED) is 0.803. The lowest BCUT2D eigenvalue weighted by Gasteiger charge is -2.16. The zero-order valence-corrected chi connectivity index (χ0v) is 11.4. The topological polar surface area (TPSA) is 47.9 Å². The molecule has 1 aromatic carbocycles. The zero-order valence-electron chi connectivity index (χ0n) is 11.4. The molecule has 1 atom stereocenters. The molecule has 1 unspecified atom stereocenters. The highest BCUT2D eigenvalue weighted by molar-refractivity contribution is 5.52. The molecule has 0 saturated carbocycles. The number of aliphatic hydroxyl groups excluding tert-OH is 1. The molecule has 1 aromatic rings. The average molecular weight is 264 g/mol. The summed E-state index contributed by atoms with van der Waals surface area (Å²) in [5, 5.41) is 9.68. The second kappa shape index (κ2) is 5.97. The van der Waals surface area contributed by atoms with Gasteiger partial charge >= 0.3 is 0 Å². The van der Waals surface area contributed by atoms with E-state index in [2.05, 4.69) is 20.4 Å². The van der Waals surface area contributed by atoms with Crippen molar-refractivity contribution in [3.05, 3.63) is 30.4 Å². The van der Waals surface area contributed by atoms with Crippen molar-refractivity contribution in [3.8, 4) is 17.2 Å². The third-order valence-electron chi connectivity index (χ3n) is 3.00. The van der Waals surface area contributed by atoms with E-state index in [1.165, 1.54) is 0 Å². The highest BCUT2D eigenvalue weighted by Crippen LogP contribution is 2.40. The van der Waals surface area contributed by atoms with Gasteiger partial charge in [-0.2, -0.15) is 0 Å². The van der Waals surface area contributed by atoms with E-state index >= 15 is 0 Å². The van der Waals surface area contributed by atoms with E-state index in [0.29, 0.717) is 18.1 Å². The van der Waals surface area contributed by atoms with Crippen molar-refractivity contribution < 1.29 is 19.3 Å². The first kappa shape index (κ1) is 13.7. The number of hydrogen-bond donors (Lipinski definition) is 1. The summed E-state index contributed by atoms with van der Waals surface area (Å²) in [5.41, 5.74) is 1.05. The largest absolute Gasteiger partial charge is 0.490 e. The lowest BCUT2D eigenvalue weighted by atomic mass is 10.0. The predicted octanol–water partition coefficient (Wildman–Crippen LogP) is 2.85. The Hall–Kier alpha value is -1.68. The molecule has 4 nitrogen and oxygen atoms in total. The van der Waals surface area contributed by atoms with Gasteiger partial charge in [0.25, 0.3) is 0 Å². The Morgan fingerprint density at radius 1 is 1.37 bits per heavy atom. The Labute approximate surface area is 113 Å². The van der Waals surface area contributed by atoms with Crippen molar-refractivity contribution in [2.45, 2.75) is 32.3 Å². The Bertz CT molecular complexity index is 454. The molecule has 0 bridgehead atoms. The normalized spacial score (nSPS) is 14.5. The third kappa shape index (κ3) is 3.20. The van der Waals surface area contributed by atoms with Crippen LogP contribution >= 0.6 is 0 Å². The first-order valence-corrected chi connectivity index (χ1v) is 6.47. The number of fused-ring (bicyclic) bond motifs is 1. The van der Waals surface area contributed by atoms with Crippen LogP contribution in [0.5, 0.6) is 17.2 Å². The lowest BCUT2D eigenvalue weighted by molar-refractivity contribution is 0.109. The van der Waals surface area contributed by atoms with Gasteiger partial charge in [0.2, 0.25) is 6.79 Å². The minimum absolute atomic E-state index is 0.241. The molecule has 1 aliphatic heterocycles. The van der Waals surface area contributed by atoms with Gasteiger partial charge in [-0.15, -0.1) is 6.58 Å². The van der Waals surface area contributed by atoms with Crippen LogP contribution in [0.25, 0.3) is 0 Å². The second-order valence-corrected chi connectivity index (χ2v) is 4.89. The fourth-order valence-corrected chi connectivity index (χ4v) is 1.96. The summed E-state index contributed by atoms with van der Waals surface area (Å²) >= 11 is 0. The second-order valence-electron chi connectivity index (χ2n) is 4.89. The van der Waals surface area contributed by atoms with Crippen LogP contribution in [-0.2, 0) is 0 Å². The molecule has 0 aliphatic carbocycles. The van der Waals surface area contributed by atoms with Gasteiger partial charge in [-0.05, 0) is 18.4 Å². The molecule has 1 N–H and O–H groups in total. The van der Waals surface area contributed by atoms with Crippen LogP contribution in [0.15, 0.2) is 24.8 Å². The molecule has 4 heteroatoms. The van der Waals surface area contributed by atoms with Crippen LogP contribution in [0.2, 0.25) is 0 Å². The van der Waals surface area contributed by atoms with Crippen molar-refractivity contribution in [2.75, 3.05) is 13.4 Å². The number of aliphatic hydroxyl groups is 1. The fourth-order valence-electron chi connectivity index (χ4n) is 1.96. The fraction of sp³-hybridized carbons (Fsp3) is 0.467. The summed E-state index contributed by atoms with van der Waals surface area (Å²) in [4.78, 5) is 0. The van der Waals surface area contributed by atoms with Crippen molar-refractivity contribution in [1.82, 2.24) is 0 Å². The van der Waals surface area contributed by atoms with Gasteiger partial charge in [0.05, 0.1) is 6.10 Å². The molecule has 1 heterocycles. The number of hydrogen-bond acceptors (Lipinski definition) is 4. The highest BCUT2D eigenvalue weighted by Gasteiger charge is 2.20. The van der Waals surface area contributed by atoms with Gasteiger partial charge in [-0.25, -0.2) is 0 Å². The van der Waals surface area contributed by atoms with Crippen LogP contribution in [0.1, 0.15) is 31.7 Å². The van der Waals surface area contributed by atoms with Gasteiger partial charge in [0.1, 0.15) is 12.4 Å².